The van der Waals surface area contributed by atoms with E-state index >= 15 is 4.39 Å². The van der Waals surface area contributed by atoms with E-state index in [1.807, 2.05) is 47.0 Å². The van der Waals surface area contributed by atoms with Gasteiger partial charge in [-0.2, -0.15) is 5.10 Å². The van der Waals surface area contributed by atoms with Crippen LogP contribution in [0.2, 0.25) is 0 Å². The van der Waals surface area contributed by atoms with Crippen LogP contribution in [-0.4, -0.2) is 81.3 Å². The summed E-state index contributed by atoms with van der Waals surface area (Å²) in [7, 11) is 1.52. The van der Waals surface area contributed by atoms with Crippen molar-refractivity contribution in [3.05, 3.63) is 83.1 Å². The summed E-state index contributed by atoms with van der Waals surface area (Å²) in [5, 5.41) is 7.66. The molecule has 14 heteroatoms. The lowest BCUT2D eigenvalue weighted by atomic mass is 9.95. The number of methoxy groups -OCH3 is 1. The first-order valence-electron chi connectivity index (χ1n) is 16.6. The normalized spacial score (nSPS) is 17.3. The number of ether oxygens (including phenoxy) is 2. The van der Waals surface area contributed by atoms with E-state index in [9.17, 15) is 14.0 Å². The highest BCUT2D eigenvalue weighted by Gasteiger charge is 2.34. The number of nitrogens with two attached hydrogens (primary N) is 1. The van der Waals surface area contributed by atoms with Crippen LogP contribution >= 0.6 is 11.3 Å². The third-order valence-electron chi connectivity index (χ3n) is 9.43. The second kappa shape index (κ2) is 13.9. The maximum absolute atomic E-state index is 16.2. The Morgan fingerprint density at radius 3 is 2.73 bits per heavy atom. The van der Waals surface area contributed by atoms with Gasteiger partial charge in [0.2, 0.25) is 11.8 Å². The molecule has 0 aliphatic carbocycles. The minimum atomic E-state index is -0.814. The first-order chi connectivity index (χ1) is 24.6. The lowest BCUT2D eigenvalue weighted by molar-refractivity contribution is -0.129. The summed E-state index contributed by atoms with van der Waals surface area (Å²) in [5.74, 6) is -2.17. The number of aromatic nitrogens is 4. The van der Waals surface area contributed by atoms with Gasteiger partial charge in [0.15, 0.2) is 0 Å². The summed E-state index contributed by atoms with van der Waals surface area (Å²) in [6, 6.07) is 7.31. The highest BCUT2D eigenvalue weighted by Crippen LogP contribution is 2.48. The summed E-state index contributed by atoms with van der Waals surface area (Å²) in [6.07, 6.45) is 3.76. The van der Waals surface area contributed by atoms with Gasteiger partial charge in [-0.15, -0.1) is 11.3 Å². The number of primary amides is 1. The summed E-state index contributed by atoms with van der Waals surface area (Å²) in [4.78, 5) is 38.2. The molecule has 0 saturated carbocycles. The molecule has 2 aliphatic rings. The summed E-state index contributed by atoms with van der Waals surface area (Å²) < 4.78 is 44.6. The number of halogens is 2. The zero-order chi connectivity index (χ0) is 36.0. The number of hydrogen-bond acceptors (Lipinski definition) is 9. The fourth-order valence-electron chi connectivity index (χ4n) is 7.04. The van der Waals surface area contributed by atoms with Crippen LogP contribution in [0.4, 0.5) is 8.78 Å². The van der Waals surface area contributed by atoms with E-state index in [1.165, 1.54) is 24.5 Å². The van der Waals surface area contributed by atoms with Crippen LogP contribution in [0.1, 0.15) is 42.9 Å². The van der Waals surface area contributed by atoms with Gasteiger partial charge in [-0.05, 0) is 49.1 Å². The van der Waals surface area contributed by atoms with E-state index in [0.717, 1.165) is 40.0 Å². The van der Waals surface area contributed by atoms with Crippen molar-refractivity contribution in [2.75, 3.05) is 40.0 Å². The predicted molar refractivity (Wildman–Crippen MR) is 190 cm³/mol. The fraction of sp³-hybridized carbons (Fsp3) is 0.324. The minimum absolute atomic E-state index is 0.00787. The number of rotatable bonds is 10. The molecule has 1 aromatic carbocycles. The number of pyridine rings is 2. The van der Waals surface area contributed by atoms with Crippen molar-refractivity contribution in [2.45, 2.75) is 38.9 Å². The maximum Gasteiger partial charge on any atom is 0.246 e. The van der Waals surface area contributed by atoms with E-state index in [-0.39, 0.29) is 49.1 Å². The molecule has 4 aromatic heterocycles. The summed E-state index contributed by atoms with van der Waals surface area (Å²) >= 11 is 1.40. The van der Waals surface area contributed by atoms with Crippen LogP contribution in [0, 0.1) is 11.6 Å². The van der Waals surface area contributed by atoms with Crippen LogP contribution in [0.5, 0.6) is 5.75 Å². The Morgan fingerprint density at radius 1 is 1.14 bits per heavy atom. The van der Waals surface area contributed by atoms with Gasteiger partial charge >= 0.3 is 0 Å². The molecule has 51 heavy (non-hydrogen) atoms. The molecule has 0 radical (unpaired) electrons. The number of benzene rings is 1. The Labute approximate surface area is 297 Å². The van der Waals surface area contributed by atoms with Gasteiger partial charge in [-0.1, -0.05) is 6.58 Å². The molecule has 11 nitrogen and oxygen atoms in total. The Kier molecular flexibility index (Phi) is 9.40. The van der Waals surface area contributed by atoms with E-state index < -0.39 is 17.5 Å². The third kappa shape index (κ3) is 6.39. The molecule has 0 saturated heterocycles. The molecule has 2 amide bonds. The molecule has 264 valence electrons. The average molecular weight is 714 g/mol. The number of carbonyl (C=O) groups excluding carboxylic acids is 2. The number of fused-ring (bicyclic) bond motifs is 3. The van der Waals surface area contributed by atoms with Crippen molar-refractivity contribution in [1.29, 1.82) is 0 Å². The Hall–Kier alpha value is -5.05. The molecule has 0 unspecified atom stereocenters. The van der Waals surface area contributed by atoms with Crippen molar-refractivity contribution in [2.24, 2.45) is 5.73 Å². The fourth-order valence-corrected chi connectivity index (χ4v) is 7.99. The van der Waals surface area contributed by atoms with Crippen LogP contribution in [0.15, 0.2) is 54.6 Å². The van der Waals surface area contributed by atoms with Gasteiger partial charge in [0.1, 0.15) is 35.4 Å². The average Bonchev–Trinajstić information content (AvgIpc) is 3.78. The van der Waals surface area contributed by atoms with E-state index in [0.29, 0.717) is 53.4 Å². The van der Waals surface area contributed by atoms with Crippen LogP contribution in [-0.2, 0) is 27.3 Å². The molecule has 0 bridgehead atoms. The predicted octanol–water partition coefficient (Wildman–Crippen LogP) is 5.69. The van der Waals surface area contributed by atoms with Gasteiger partial charge < -0.3 is 20.1 Å². The molecule has 2 atom stereocenters. The number of amides is 2. The molecule has 2 N–H and O–H groups in total. The number of thiophene rings is 1. The maximum atomic E-state index is 16.2. The first kappa shape index (κ1) is 34.4. The van der Waals surface area contributed by atoms with Gasteiger partial charge in [-0.3, -0.25) is 24.2 Å². The van der Waals surface area contributed by atoms with Crippen molar-refractivity contribution < 1.29 is 27.8 Å². The van der Waals surface area contributed by atoms with E-state index in [4.69, 9.17) is 30.3 Å². The van der Waals surface area contributed by atoms with E-state index in [1.54, 1.807) is 11.1 Å². The monoisotopic (exact) mass is 713 g/mol. The van der Waals surface area contributed by atoms with Crippen molar-refractivity contribution in [3.63, 3.8) is 0 Å². The number of hydrogen-bond donors (Lipinski definition) is 1. The van der Waals surface area contributed by atoms with E-state index in [2.05, 4.69) is 6.58 Å². The summed E-state index contributed by atoms with van der Waals surface area (Å²) in [6.45, 7) is 9.58. The molecule has 2 aliphatic heterocycles. The van der Waals surface area contributed by atoms with Gasteiger partial charge in [0.25, 0.3) is 0 Å². The lowest BCUT2D eigenvalue weighted by Crippen LogP contribution is -2.42. The van der Waals surface area contributed by atoms with Crippen LogP contribution in [0.3, 0.4) is 0 Å². The first-order valence-corrected chi connectivity index (χ1v) is 17.5. The van der Waals surface area contributed by atoms with Gasteiger partial charge in [0.05, 0.1) is 42.2 Å². The van der Waals surface area contributed by atoms with Gasteiger partial charge in [-0.25, -0.2) is 13.8 Å². The van der Waals surface area contributed by atoms with Crippen molar-refractivity contribution in [3.8, 4) is 39.5 Å². The second-order valence-corrected chi connectivity index (χ2v) is 13.7. The zero-order valence-corrected chi connectivity index (χ0v) is 29.3. The summed E-state index contributed by atoms with van der Waals surface area (Å²) in [5.41, 5.74) is 10.8. The number of carbonyl (C=O) groups is 2. The Balaban J connectivity index is 1.46. The Bertz CT molecular complexity index is 2180. The molecule has 6 heterocycles. The van der Waals surface area contributed by atoms with Crippen LogP contribution in [0.25, 0.3) is 43.9 Å². The molecule has 0 spiro atoms. The minimum Gasteiger partial charge on any atom is -0.490 e. The number of nitrogens with zero attached hydrogens (tertiary/aromatic N) is 6. The zero-order valence-electron chi connectivity index (χ0n) is 28.5. The molecular weight excluding hydrogens is 677 g/mol. The quantitative estimate of drug-likeness (QED) is 0.145. The highest BCUT2D eigenvalue weighted by molar-refractivity contribution is 7.18. The highest BCUT2D eigenvalue weighted by atomic mass is 32.1. The Morgan fingerprint density at radius 2 is 1.96 bits per heavy atom. The molecule has 5 aromatic rings. The standard InChI is InChI=1S/C37H37F2N7O4S/c1-5-32(48)45-17-20(2)46-29(21(45)3)15-28(43-46)36-34(33-26(39)13-24(38)14-30(33)50-10-9-49-4)37-25(7-11-51-37)35(42-36)22-12-23-18-44(19-31(40)47)8-6-27(23)41-16-22/h5,7,11-16,20-21H,1,6,8-10,17-19H2,2-4H3,(H2,40,47)/t20-,21+/m0/s1. The smallest absolute Gasteiger partial charge is 0.246 e. The van der Waals surface area contributed by atoms with Gasteiger partial charge in [0, 0.05) is 78.4 Å². The molecule has 7 rings (SSSR count). The van der Waals surface area contributed by atoms with Crippen molar-refractivity contribution in [1.82, 2.24) is 29.5 Å². The third-order valence-corrected chi connectivity index (χ3v) is 10.4. The molecule has 0 fully saturated rings. The second-order valence-electron chi connectivity index (χ2n) is 12.8. The SMILES string of the molecule is C=CC(=O)N1C[C@H](C)n2nc(-c3nc(-c4cnc5c(c4)CN(CC(N)=O)CC5)c4ccsc4c3-c3c(F)cc(F)cc3OCCOC)cc2[C@H]1C. The largest absolute Gasteiger partial charge is 0.490 e. The topological polar surface area (TPSA) is 129 Å². The molecular formula is C37H37F2N7O4S. The lowest BCUT2D eigenvalue weighted by Gasteiger charge is -2.36. The van der Waals surface area contributed by atoms with Crippen LogP contribution < -0.4 is 10.5 Å². The van der Waals surface area contributed by atoms with Crippen molar-refractivity contribution >= 4 is 33.2 Å².